The third kappa shape index (κ3) is 3.06. The smallest absolute Gasteiger partial charge is 0.161 e. The first-order valence-electron chi connectivity index (χ1n) is 8.88. The highest BCUT2D eigenvalue weighted by Gasteiger charge is 2.38. The van der Waals surface area contributed by atoms with Crippen molar-refractivity contribution in [2.45, 2.75) is 43.8 Å². The van der Waals surface area contributed by atoms with E-state index >= 15 is 0 Å². The van der Waals surface area contributed by atoms with Gasteiger partial charge in [-0.25, -0.2) is 0 Å². The Morgan fingerprint density at radius 3 is 2.24 bits per heavy atom. The molecule has 0 radical (unpaired) electrons. The lowest BCUT2D eigenvalue weighted by Crippen LogP contribution is -2.33. The second-order valence-electron chi connectivity index (χ2n) is 6.83. The number of benzene rings is 2. The van der Waals surface area contributed by atoms with E-state index in [-0.39, 0.29) is 12.2 Å². The molecule has 1 heterocycles. The summed E-state index contributed by atoms with van der Waals surface area (Å²) in [5.74, 6) is 2.03. The molecule has 1 fully saturated rings. The molecule has 4 heteroatoms. The van der Waals surface area contributed by atoms with Crippen LogP contribution >= 0.6 is 15.9 Å². The van der Waals surface area contributed by atoms with Crippen LogP contribution in [0.3, 0.4) is 0 Å². The summed E-state index contributed by atoms with van der Waals surface area (Å²) in [5, 5.41) is 0. The van der Waals surface area contributed by atoms with Crippen molar-refractivity contribution < 1.29 is 14.2 Å². The Kier molecular flexibility index (Phi) is 4.74. The number of halogens is 1. The maximum atomic E-state index is 6.60. The van der Waals surface area contributed by atoms with E-state index in [0.717, 1.165) is 22.4 Å². The third-order valence-corrected chi connectivity index (χ3v) is 5.99. The molecule has 1 aliphatic heterocycles. The van der Waals surface area contributed by atoms with Gasteiger partial charge in [-0.2, -0.15) is 0 Å². The summed E-state index contributed by atoms with van der Waals surface area (Å²) in [4.78, 5) is 0. The molecule has 0 amide bonds. The zero-order chi connectivity index (χ0) is 17.4. The monoisotopic (exact) mass is 402 g/mol. The average molecular weight is 403 g/mol. The SMILES string of the molecule is COc1cc2c(cc1OC)[C@@H]1CCCC[C@@H]1O[C@H]2c1ccc(Br)cc1. The third-order valence-electron chi connectivity index (χ3n) is 5.46. The van der Waals surface area contributed by atoms with Gasteiger partial charge in [-0.05, 0) is 53.8 Å². The molecule has 1 saturated carbocycles. The van der Waals surface area contributed by atoms with Crippen molar-refractivity contribution in [3.63, 3.8) is 0 Å². The molecule has 2 aromatic rings. The summed E-state index contributed by atoms with van der Waals surface area (Å²) in [6.45, 7) is 0. The van der Waals surface area contributed by atoms with Crippen molar-refractivity contribution in [3.05, 3.63) is 57.6 Å². The minimum absolute atomic E-state index is 0.0535. The van der Waals surface area contributed by atoms with E-state index in [9.17, 15) is 0 Å². The summed E-state index contributed by atoms with van der Waals surface area (Å²) < 4.78 is 18.8. The molecule has 1 aliphatic carbocycles. The fourth-order valence-electron chi connectivity index (χ4n) is 4.22. The highest BCUT2D eigenvalue weighted by molar-refractivity contribution is 9.10. The number of ether oxygens (including phenoxy) is 3. The van der Waals surface area contributed by atoms with Crippen LogP contribution in [0.25, 0.3) is 0 Å². The number of hydrogen-bond acceptors (Lipinski definition) is 3. The van der Waals surface area contributed by atoms with Crippen molar-refractivity contribution in [1.29, 1.82) is 0 Å². The van der Waals surface area contributed by atoms with Crippen LogP contribution in [-0.4, -0.2) is 20.3 Å². The fourth-order valence-corrected chi connectivity index (χ4v) is 4.48. The fraction of sp³-hybridized carbons (Fsp3) is 0.429. The summed E-state index contributed by atoms with van der Waals surface area (Å²) >= 11 is 3.52. The van der Waals surface area contributed by atoms with Gasteiger partial charge in [0.05, 0.1) is 20.3 Å². The Labute approximate surface area is 157 Å². The summed E-state index contributed by atoms with van der Waals surface area (Å²) in [5.41, 5.74) is 3.75. The standard InChI is InChI=1S/C21H23BrO3/c1-23-19-11-16-15-5-3-4-6-18(15)25-21(17(16)12-20(19)24-2)13-7-9-14(22)10-8-13/h7-12,15,18,21H,3-6H2,1-2H3/t15-,18-,21-/m0/s1. The lowest BCUT2D eigenvalue weighted by Gasteiger charge is -2.41. The second-order valence-corrected chi connectivity index (χ2v) is 7.75. The minimum atomic E-state index is -0.0535. The lowest BCUT2D eigenvalue weighted by atomic mass is 9.76. The molecule has 0 N–H and O–H groups in total. The number of fused-ring (bicyclic) bond motifs is 3. The van der Waals surface area contributed by atoms with Gasteiger partial charge in [-0.15, -0.1) is 0 Å². The van der Waals surface area contributed by atoms with Crippen LogP contribution in [0, 0.1) is 0 Å². The summed E-state index contributed by atoms with van der Waals surface area (Å²) in [6.07, 6.45) is 5.05. The number of methoxy groups -OCH3 is 2. The molecule has 132 valence electrons. The van der Waals surface area contributed by atoms with Gasteiger partial charge >= 0.3 is 0 Å². The van der Waals surface area contributed by atoms with E-state index in [1.807, 2.05) is 0 Å². The maximum absolute atomic E-state index is 6.60. The largest absolute Gasteiger partial charge is 0.493 e. The van der Waals surface area contributed by atoms with E-state index in [4.69, 9.17) is 14.2 Å². The van der Waals surface area contributed by atoms with Gasteiger partial charge in [0, 0.05) is 10.4 Å². The Morgan fingerprint density at radius 1 is 0.920 bits per heavy atom. The molecule has 0 unspecified atom stereocenters. The predicted octanol–water partition coefficient (Wildman–Crippen LogP) is 5.61. The van der Waals surface area contributed by atoms with Crippen LogP contribution in [0.1, 0.15) is 54.4 Å². The highest BCUT2D eigenvalue weighted by Crippen LogP contribution is 2.49. The van der Waals surface area contributed by atoms with Crippen LogP contribution in [0.2, 0.25) is 0 Å². The van der Waals surface area contributed by atoms with Gasteiger partial charge < -0.3 is 14.2 Å². The predicted molar refractivity (Wildman–Crippen MR) is 102 cm³/mol. The Hall–Kier alpha value is -1.52. The first-order chi connectivity index (χ1) is 12.2. The molecule has 2 aliphatic rings. The molecule has 0 bridgehead atoms. The number of hydrogen-bond donors (Lipinski definition) is 0. The lowest BCUT2D eigenvalue weighted by molar-refractivity contribution is -0.0391. The van der Waals surface area contributed by atoms with Gasteiger partial charge in [0.1, 0.15) is 6.10 Å². The zero-order valence-corrected chi connectivity index (χ0v) is 16.2. The van der Waals surface area contributed by atoms with Gasteiger partial charge in [-0.1, -0.05) is 40.9 Å². The zero-order valence-electron chi connectivity index (χ0n) is 14.6. The molecule has 25 heavy (non-hydrogen) atoms. The van der Waals surface area contributed by atoms with Gasteiger partial charge in [-0.3, -0.25) is 0 Å². The number of rotatable bonds is 3. The van der Waals surface area contributed by atoms with Crippen LogP contribution in [0.4, 0.5) is 0 Å². The van der Waals surface area contributed by atoms with Crippen molar-refractivity contribution in [2.24, 2.45) is 0 Å². The molecule has 0 spiro atoms. The Bertz CT molecular complexity index is 756. The second kappa shape index (κ2) is 7.00. The van der Waals surface area contributed by atoms with E-state index in [1.165, 1.54) is 36.0 Å². The average Bonchev–Trinajstić information content (AvgIpc) is 2.67. The molecular formula is C21H23BrO3. The van der Waals surface area contributed by atoms with Crippen LogP contribution in [-0.2, 0) is 4.74 Å². The molecule has 2 aromatic carbocycles. The van der Waals surface area contributed by atoms with E-state index in [2.05, 4.69) is 52.3 Å². The summed E-state index contributed by atoms with van der Waals surface area (Å²) in [6, 6.07) is 12.7. The van der Waals surface area contributed by atoms with Crippen molar-refractivity contribution in [1.82, 2.24) is 0 Å². The van der Waals surface area contributed by atoms with Gasteiger partial charge in [0.15, 0.2) is 11.5 Å². The molecule has 0 saturated heterocycles. The summed E-state index contributed by atoms with van der Waals surface area (Å²) in [7, 11) is 3.39. The normalized spacial score (nSPS) is 25.0. The first-order valence-corrected chi connectivity index (χ1v) is 9.67. The molecule has 3 atom stereocenters. The Balaban J connectivity index is 1.85. The quantitative estimate of drug-likeness (QED) is 0.667. The van der Waals surface area contributed by atoms with Crippen LogP contribution in [0.5, 0.6) is 11.5 Å². The van der Waals surface area contributed by atoms with E-state index in [1.54, 1.807) is 14.2 Å². The molecule has 4 rings (SSSR count). The first kappa shape index (κ1) is 16.9. The topological polar surface area (TPSA) is 27.7 Å². The van der Waals surface area contributed by atoms with E-state index < -0.39 is 0 Å². The van der Waals surface area contributed by atoms with Crippen molar-refractivity contribution in [3.8, 4) is 11.5 Å². The van der Waals surface area contributed by atoms with Gasteiger partial charge in [0.25, 0.3) is 0 Å². The van der Waals surface area contributed by atoms with Gasteiger partial charge in [0.2, 0.25) is 0 Å². The molecular weight excluding hydrogens is 380 g/mol. The Morgan fingerprint density at radius 2 is 1.56 bits per heavy atom. The maximum Gasteiger partial charge on any atom is 0.161 e. The minimum Gasteiger partial charge on any atom is -0.493 e. The van der Waals surface area contributed by atoms with Crippen LogP contribution in [0.15, 0.2) is 40.9 Å². The molecule has 3 nitrogen and oxygen atoms in total. The molecule has 0 aromatic heterocycles. The van der Waals surface area contributed by atoms with Crippen molar-refractivity contribution >= 4 is 15.9 Å². The van der Waals surface area contributed by atoms with E-state index in [0.29, 0.717) is 5.92 Å². The van der Waals surface area contributed by atoms with Crippen LogP contribution < -0.4 is 9.47 Å². The highest BCUT2D eigenvalue weighted by atomic mass is 79.9. The van der Waals surface area contributed by atoms with Crippen molar-refractivity contribution in [2.75, 3.05) is 14.2 Å².